The van der Waals surface area contributed by atoms with Crippen molar-refractivity contribution in [2.24, 2.45) is 0 Å². The van der Waals surface area contributed by atoms with E-state index in [1.807, 2.05) is 52.7 Å². The highest BCUT2D eigenvalue weighted by molar-refractivity contribution is 5.99. The minimum Gasteiger partial charge on any atom is -0.492 e. The van der Waals surface area contributed by atoms with Crippen LogP contribution in [0, 0.1) is 6.92 Å². The van der Waals surface area contributed by atoms with E-state index < -0.39 is 0 Å². The highest BCUT2D eigenvalue weighted by Crippen LogP contribution is 2.25. The van der Waals surface area contributed by atoms with Crippen molar-refractivity contribution in [1.82, 2.24) is 33.9 Å². The second-order valence-electron chi connectivity index (χ2n) is 11.8. The number of benzene rings is 1. The molecule has 0 bridgehead atoms. The van der Waals surface area contributed by atoms with Crippen LogP contribution in [-0.2, 0) is 19.4 Å². The fraction of sp³-hybridized carbons (Fsp3) is 0.412. The van der Waals surface area contributed by atoms with E-state index in [4.69, 9.17) is 9.84 Å². The maximum absolute atomic E-state index is 13.6. The molecule has 0 amide bonds. The Morgan fingerprint density at radius 1 is 1.09 bits per heavy atom. The summed E-state index contributed by atoms with van der Waals surface area (Å²) in [4.78, 5) is 27.6. The van der Waals surface area contributed by atoms with Crippen molar-refractivity contribution in [1.29, 1.82) is 0 Å². The lowest BCUT2D eigenvalue weighted by atomic mass is 10.0. The molecule has 0 radical (unpaired) electrons. The number of pyridine rings is 2. The normalized spacial score (nSPS) is 16.3. The Kier molecular flexibility index (Phi) is 8.54. The number of rotatable bonds is 11. The first-order valence-corrected chi connectivity index (χ1v) is 15.3. The molecule has 0 saturated carbocycles. The van der Waals surface area contributed by atoms with Crippen molar-refractivity contribution >= 4 is 22.3 Å². The number of fused-ring (bicyclic) bond motifs is 2. The van der Waals surface area contributed by atoms with Gasteiger partial charge in [-0.2, -0.15) is 5.10 Å². The van der Waals surface area contributed by atoms with Gasteiger partial charge in [0.2, 0.25) is 0 Å². The second-order valence-corrected chi connectivity index (χ2v) is 11.8. The lowest BCUT2D eigenvalue weighted by molar-refractivity contribution is 0.0928. The smallest absolute Gasteiger partial charge is 0.185 e. The standard InChI is InChI=1S/C34H41N7O2/c1-5-7-26-10-11-28(35-20-26)23-41-30-9-6-8-27(34(30)25(3)37-41)18-32(42)31-21-36-33-19-29(12-13-40(31)33)43-17-16-39-15-14-38(4)24(2)22-39/h6,8-13,19-21,24H,5,7,14-18,22-23H2,1-4H3/t24-/m0/s1. The number of ether oxygens (including phenoxy) is 1. The number of ketones is 1. The summed E-state index contributed by atoms with van der Waals surface area (Å²) in [6.45, 7) is 11.7. The Bertz CT molecular complexity index is 1720. The maximum atomic E-state index is 13.6. The minimum atomic E-state index is 0.0122. The number of Topliss-reactive ketones (excluding diaryl/α,β-unsaturated/α-hetero) is 1. The number of piperazine rings is 1. The lowest BCUT2D eigenvalue weighted by Crippen LogP contribution is -2.50. The van der Waals surface area contributed by atoms with Gasteiger partial charge >= 0.3 is 0 Å². The molecule has 6 rings (SSSR count). The first kappa shape index (κ1) is 29.0. The van der Waals surface area contributed by atoms with E-state index >= 15 is 0 Å². The number of carbonyl (C=O) groups excluding carboxylic acids is 1. The van der Waals surface area contributed by atoms with Gasteiger partial charge in [-0.25, -0.2) is 4.98 Å². The Hall–Kier alpha value is -4.08. The van der Waals surface area contributed by atoms with E-state index in [9.17, 15) is 4.79 Å². The molecule has 0 unspecified atom stereocenters. The Balaban J connectivity index is 1.13. The summed E-state index contributed by atoms with van der Waals surface area (Å²) in [7, 11) is 2.18. The van der Waals surface area contributed by atoms with Crippen molar-refractivity contribution in [3.8, 4) is 5.75 Å². The summed E-state index contributed by atoms with van der Waals surface area (Å²) in [5.74, 6) is 0.778. The number of nitrogens with zero attached hydrogens (tertiary/aromatic N) is 7. The zero-order valence-electron chi connectivity index (χ0n) is 25.7. The first-order chi connectivity index (χ1) is 20.9. The Labute approximate surface area is 253 Å². The van der Waals surface area contributed by atoms with Crippen LogP contribution in [0.5, 0.6) is 5.75 Å². The van der Waals surface area contributed by atoms with E-state index in [0.717, 1.165) is 72.6 Å². The summed E-state index contributed by atoms with van der Waals surface area (Å²) in [5, 5.41) is 5.85. The fourth-order valence-electron chi connectivity index (χ4n) is 6.05. The van der Waals surface area contributed by atoms with E-state index in [0.29, 0.717) is 30.5 Å². The molecule has 1 atom stereocenters. The molecule has 5 aromatic rings. The molecule has 0 spiro atoms. The average molecular weight is 580 g/mol. The quantitative estimate of drug-likeness (QED) is 0.208. The highest BCUT2D eigenvalue weighted by atomic mass is 16.5. The SMILES string of the molecule is CCCc1ccc(Cn2nc(C)c3c(CC(=O)c4cnc5cc(OCCN6CCN(C)[C@@H](C)C6)ccn45)cccc32)nc1. The zero-order chi connectivity index (χ0) is 29.9. The van der Waals surface area contributed by atoms with Gasteiger partial charge in [0, 0.05) is 62.5 Å². The van der Waals surface area contributed by atoms with Gasteiger partial charge in [-0.1, -0.05) is 31.5 Å². The van der Waals surface area contributed by atoms with Crippen molar-refractivity contribution in [3.05, 3.63) is 89.3 Å². The molecule has 1 aromatic carbocycles. The monoisotopic (exact) mass is 579 g/mol. The minimum absolute atomic E-state index is 0.0122. The van der Waals surface area contributed by atoms with Crippen LogP contribution in [0.15, 0.2) is 61.1 Å². The van der Waals surface area contributed by atoms with Crippen LogP contribution in [-0.4, -0.2) is 85.6 Å². The molecule has 1 saturated heterocycles. The van der Waals surface area contributed by atoms with Gasteiger partial charge in [0.05, 0.1) is 29.6 Å². The molecule has 0 N–H and O–H groups in total. The Morgan fingerprint density at radius 3 is 2.77 bits per heavy atom. The van der Waals surface area contributed by atoms with Crippen LogP contribution in [0.4, 0.5) is 0 Å². The van der Waals surface area contributed by atoms with Crippen LogP contribution in [0.2, 0.25) is 0 Å². The molecule has 0 aliphatic carbocycles. The second kappa shape index (κ2) is 12.7. The molecular weight excluding hydrogens is 538 g/mol. The molecular formula is C34H41N7O2. The van der Waals surface area contributed by atoms with Crippen molar-refractivity contribution in [2.45, 2.75) is 52.6 Å². The predicted octanol–water partition coefficient (Wildman–Crippen LogP) is 4.83. The van der Waals surface area contributed by atoms with Crippen molar-refractivity contribution in [2.75, 3.05) is 39.8 Å². The van der Waals surface area contributed by atoms with Gasteiger partial charge in [-0.05, 0) is 56.6 Å². The maximum Gasteiger partial charge on any atom is 0.185 e. The summed E-state index contributed by atoms with van der Waals surface area (Å²) in [5.41, 5.74) is 6.36. The number of imidazole rings is 1. The number of likely N-dealkylation sites (N-methyl/N-ethyl adjacent to an activating group) is 1. The molecule has 9 heteroatoms. The van der Waals surface area contributed by atoms with Gasteiger partial charge in [0.15, 0.2) is 5.78 Å². The van der Waals surface area contributed by atoms with Crippen LogP contribution in [0.25, 0.3) is 16.6 Å². The average Bonchev–Trinajstić information content (AvgIpc) is 3.57. The molecule has 1 fully saturated rings. The third kappa shape index (κ3) is 6.33. The van der Waals surface area contributed by atoms with Gasteiger partial charge in [-0.15, -0.1) is 0 Å². The fourth-order valence-corrected chi connectivity index (χ4v) is 6.05. The molecule has 224 valence electrons. The molecule has 43 heavy (non-hydrogen) atoms. The van der Waals surface area contributed by atoms with E-state index in [-0.39, 0.29) is 12.2 Å². The summed E-state index contributed by atoms with van der Waals surface area (Å²) in [6, 6.07) is 14.7. The van der Waals surface area contributed by atoms with Crippen LogP contribution < -0.4 is 4.74 Å². The summed E-state index contributed by atoms with van der Waals surface area (Å²) >= 11 is 0. The van der Waals surface area contributed by atoms with Crippen LogP contribution in [0.3, 0.4) is 0 Å². The topological polar surface area (TPSA) is 80.8 Å². The first-order valence-electron chi connectivity index (χ1n) is 15.3. The number of hydrogen-bond donors (Lipinski definition) is 0. The van der Waals surface area contributed by atoms with Crippen LogP contribution in [0.1, 0.15) is 53.3 Å². The number of hydrogen-bond acceptors (Lipinski definition) is 7. The van der Waals surface area contributed by atoms with Gasteiger partial charge in [0.1, 0.15) is 23.7 Å². The molecule has 4 aromatic heterocycles. The van der Waals surface area contributed by atoms with E-state index in [1.54, 1.807) is 6.20 Å². The lowest BCUT2D eigenvalue weighted by Gasteiger charge is -2.37. The number of carbonyl (C=O) groups is 1. The summed E-state index contributed by atoms with van der Waals surface area (Å²) in [6.07, 6.45) is 7.91. The molecule has 1 aliphatic rings. The van der Waals surface area contributed by atoms with Gasteiger partial charge < -0.3 is 9.64 Å². The predicted molar refractivity (Wildman–Crippen MR) is 169 cm³/mol. The van der Waals surface area contributed by atoms with Crippen molar-refractivity contribution < 1.29 is 9.53 Å². The highest BCUT2D eigenvalue weighted by Gasteiger charge is 2.21. The van der Waals surface area contributed by atoms with Crippen LogP contribution >= 0.6 is 0 Å². The zero-order valence-corrected chi connectivity index (χ0v) is 25.7. The molecule has 1 aliphatic heterocycles. The Morgan fingerprint density at radius 2 is 1.98 bits per heavy atom. The van der Waals surface area contributed by atoms with Gasteiger partial charge in [0.25, 0.3) is 0 Å². The largest absolute Gasteiger partial charge is 0.492 e. The third-order valence-electron chi connectivity index (χ3n) is 8.62. The molecule has 9 nitrogen and oxygen atoms in total. The van der Waals surface area contributed by atoms with E-state index in [1.165, 1.54) is 5.56 Å². The summed E-state index contributed by atoms with van der Waals surface area (Å²) < 4.78 is 9.90. The third-order valence-corrected chi connectivity index (χ3v) is 8.62. The molecule has 5 heterocycles. The number of aryl methyl sites for hydroxylation is 2. The van der Waals surface area contributed by atoms with Gasteiger partial charge in [-0.3, -0.25) is 23.8 Å². The number of aromatic nitrogens is 5. The van der Waals surface area contributed by atoms with E-state index in [2.05, 4.69) is 58.9 Å². The van der Waals surface area contributed by atoms with Crippen molar-refractivity contribution in [3.63, 3.8) is 0 Å².